The lowest BCUT2D eigenvalue weighted by Gasteiger charge is -2.16. The standard InChI is InChI=1S/C16H16N4O2/c1-19(11-5-10-17)16(22)12-20-15(21)9-8-14(18-20)13-6-3-2-4-7-13/h2-4,6-9H,5,11-12H2,1H3. The smallest absolute Gasteiger partial charge is 0.267 e. The van der Waals surface area contributed by atoms with Crippen LogP contribution in [0.15, 0.2) is 47.3 Å². The van der Waals surface area contributed by atoms with Crippen LogP contribution < -0.4 is 5.56 Å². The monoisotopic (exact) mass is 296 g/mol. The van der Waals surface area contributed by atoms with Gasteiger partial charge in [-0.2, -0.15) is 10.4 Å². The molecule has 0 aliphatic carbocycles. The highest BCUT2D eigenvalue weighted by Crippen LogP contribution is 2.13. The first-order valence-corrected chi connectivity index (χ1v) is 6.86. The Morgan fingerprint density at radius 2 is 2.00 bits per heavy atom. The van der Waals surface area contributed by atoms with Crippen LogP contribution in [-0.4, -0.2) is 34.2 Å². The van der Waals surface area contributed by atoms with Gasteiger partial charge >= 0.3 is 0 Å². The third-order valence-corrected chi connectivity index (χ3v) is 3.21. The van der Waals surface area contributed by atoms with Gasteiger partial charge in [0.15, 0.2) is 0 Å². The van der Waals surface area contributed by atoms with Crippen molar-refractivity contribution in [3.63, 3.8) is 0 Å². The number of carbonyl (C=O) groups is 1. The van der Waals surface area contributed by atoms with Gasteiger partial charge in [0, 0.05) is 25.2 Å². The summed E-state index contributed by atoms with van der Waals surface area (Å²) in [6.07, 6.45) is 0.259. The Balaban J connectivity index is 2.20. The molecule has 0 unspecified atom stereocenters. The van der Waals surface area contributed by atoms with Crippen molar-refractivity contribution in [2.45, 2.75) is 13.0 Å². The van der Waals surface area contributed by atoms with Crippen LogP contribution >= 0.6 is 0 Å². The third-order valence-electron chi connectivity index (χ3n) is 3.21. The Morgan fingerprint density at radius 3 is 2.68 bits per heavy atom. The molecule has 0 aliphatic rings. The number of aromatic nitrogens is 2. The number of benzene rings is 1. The molecule has 0 fully saturated rings. The van der Waals surface area contributed by atoms with E-state index < -0.39 is 0 Å². The van der Waals surface area contributed by atoms with Crippen molar-refractivity contribution in [1.29, 1.82) is 5.26 Å². The minimum Gasteiger partial charge on any atom is -0.343 e. The highest BCUT2D eigenvalue weighted by molar-refractivity contribution is 5.75. The molecule has 1 heterocycles. The molecule has 1 aromatic carbocycles. The van der Waals surface area contributed by atoms with Crippen molar-refractivity contribution in [2.24, 2.45) is 0 Å². The van der Waals surface area contributed by atoms with Crippen molar-refractivity contribution in [3.8, 4) is 17.3 Å². The molecule has 0 bridgehead atoms. The molecule has 1 amide bonds. The van der Waals surface area contributed by atoms with Crippen LogP contribution in [0.5, 0.6) is 0 Å². The largest absolute Gasteiger partial charge is 0.343 e. The van der Waals surface area contributed by atoms with Crippen LogP contribution in [0.25, 0.3) is 11.3 Å². The molecule has 0 atom stereocenters. The zero-order valence-corrected chi connectivity index (χ0v) is 12.3. The molecule has 0 saturated heterocycles. The topological polar surface area (TPSA) is 79.0 Å². The quantitative estimate of drug-likeness (QED) is 0.832. The lowest BCUT2D eigenvalue weighted by Crippen LogP contribution is -2.35. The Hall–Kier alpha value is -2.94. The summed E-state index contributed by atoms with van der Waals surface area (Å²) in [6.45, 7) is 0.198. The van der Waals surface area contributed by atoms with E-state index >= 15 is 0 Å². The molecular formula is C16H16N4O2. The van der Waals surface area contributed by atoms with Crippen molar-refractivity contribution in [3.05, 3.63) is 52.8 Å². The Bertz CT molecular complexity index is 747. The van der Waals surface area contributed by atoms with Crippen molar-refractivity contribution in [2.75, 3.05) is 13.6 Å². The Kier molecular flexibility index (Phi) is 5.04. The second-order valence-corrected chi connectivity index (χ2v) is 4.80. The van der Waals surface area contributed by atoms with E-state index in [1.165, 1.54) is 11.0 Å². The molecular weight excluding hydrogens is 280 g/mol. The van der Waals surface area contributed by atoms with E-state index in [-0.39, 0.29) is 24.4 Å². The highest BCUT2D eigenvalue weighted by atomic mass is 16.2. The summed E-state index contributed by atoms with van der Waals surface area (Å²) in [5.41, 5.74) is 1.18. The average molecular weight is 296 g/mol. The first-order chi connectivity index (χ1) is 10.6. The first-order valence-electron chi connectivity index (χ1n) is 6.86. The van der Waals surface area contributed by atoms with E-state index in [1.54, 1.807) is 13.1 Å². The van der Waals surface area contributed by atoms with Gasteiger partial charge in [0.05, 0.1) is 18.2 Å². The highest BCUT2D eigenvalue weighted by Gasteiger charge is 2.11. The number of rotatable bonds is 5. The summed E-state index contributed by atoms with van der Waals surface area (Å²) < 4.78 is 1.15. The van der Waals surface area contributed by atoms with E-state index in [0.29, 0.717) is 12.2 Å². The van der Waals surface area contributed by atoms with Gasteiger partial charge in [0.25, 0.3) is 5.56 Å². The van der Waals surface area contributed by atoms with E-state index in [0.717, 1.165) is 10.2 Å². The van der Waals surface area contributed by atoms with Crippen LogP contribution in [0.3, 0.4) is 0 Å². The van der Waals surface area contributed by atoms with Gasteiger partial charge in [-0.1, -0.05) is 30.3 Å². The van der Waals surface area contributed by atoms with Gasteiger partial charge in [0.2, 0.25) is 5.91 Å². The summed E-state index contributed by atoms with van der Waals surface area (Å²) in [7, 11) is 1.60. The maximum atomic E-state index is 12.0. The fourth-order valence-electron chi connectivity index (χ4n) is 1.92. The molecule has 112 valence electrons. The summed E-state index contributed by atoms with van der Waals surface area (Å²) in [5.74, 6) is -0.255. The van der Waals surface area contributed by atoms with Gasteiger partial charge in [-0.15, -0.1) is 0 Å². The van der Waals surface area contributed by atoms with E-state index in [9.17, 15) is 9.59 Å². The normalized spacial score (nSPS) is 10.0. The van der Waals surface area contributed by atoms with Crippen LogP contribution in [0.2, 0.25) is 0 Å². The second-order valence-electron chi connectivity index (χ2n) is 4.80. The van der Waals surface area contributed by atoms with Gasteiger partial charge in [-0.05, 0) is 6.07 Å². The lowest BCUT2D eigenvalue weighted by molar-refractivity contribution is -0.130. The SMILES string of the molecule is CN(CCC#N)C(=O)Cn1nc(-c2ccccc2)ccc1=O. The summed E-state index contributed by atoms with van der Waals surface area (Å²) in [5, 5.41) is 12.8. The molecule has 0 radical (unpaired) electrons. The van der Waals surface area contributed by atoms with Crippen LogP contribution in [-0.2, 0) is 11.3 Å². The van der Waals surface area contributed by atoms with Gasteiger partial charge in [-0.3, -0.25) is 9.59 Å². The Morgan fingerprint density at radius 1 is 1.27 bits per heavy atom. The van der Waals surface area contributed by atoms with E-state index in [2.05, 4.69) is 5.10 Å². The van der Waals surface area contributed by atoms with Gasteiger partial charge < -0.3 is 4.90 Å². The van der Waals surface area contributed by atoms with Gasteiger partial charge in [-0.25, -0.2) is 4.68 Å². The number of hydrogen-bond acceptors (Lipinski definition) is 4. The molecule has 0 spiro atoms. The zero-order chi connectivity index (χ0) is 15.9. The molecule has 2 rings (SSSR count). The third kappa shape index (κ3) is 3.79. The number of nitrogens with zero attached hydrogens (tertiary/aromatic N) is 4. The van der Waals surface area contributed by atoms with Crippen molar-refractivity contribution >= 4 is 5.91 Å². The summed E-state index contributed by atoms with van der Waals surface area (Å²) in [4.78, 5) is 25.3. The van der Waals surface area contributed by atoms with E-state index in [4.69, 9.17) is 5.26 Å². The molecule has 1 aromatic heterocycles. The minimum atomic E-state index is -0.332. The maximum absolute atomic E-state index is 12.0. The average Bonchev–Trinajstić information content (AvgIpc) is 2.55. The molecule has 0 N–H and O–H groups in total. The molecule has 0 aliphatic heterocycles. The predicted molar refractivity (Wildman–Crippen MR) is 81.8 cm³/mol. The fourth-order valence-corrected chi connectivity index (χ4v) is 1.92. The number of likely N-dealkylation sites (N-methyl/N-ethyl adjacent to an activating group) is 1. The maximum Gasteiger partial charge on any atom is 0.267 e. The number of amides is 1. The van der Waals surface area contributed by atoms with Crippen molar-refractivity contribution < 1.29 is 4.79 Å². The summed E-state index contributed by atoms with van der Waals surface area (Å²) in [6, 6.07) is 14.5. The predicted octanol–water partition coefficient (Wildman–Crippen LogP) is 1.28. The molecule has 6 heteroatoms. The van der Waals surface area contributed by atoms with Crippen molar-refractivity contribution in [1.82, 2.24) is 14.7 Å². The number of carbonyl (C=O) groups excluding carboxylic acids is 1. The fraction of sp³-hybridized carbons (Fsp3) is 0.250. The molecule has 6 nitrogen and oxygen atoms in total. The minimum absolute atomic E-state index is 0.137. The molecule has 22 heavy (non-hydrogen) atoms. The second kappa shape index (κ2) is 7.18. The zero-order valence-electron chi connectivity index (χ0n) is 12.3. The summed E-state index contributed by atoms with van der Waals surface area (Å²) >= 11 is 0. The first kappa shape index (κ1) is 15.4. The lowest BCUT2D eigenvalue weighted by atomic mass is 10.1. The van der Waals surface area contributed by atoms with Gasteiger partial charge in [0.1, 0.15) is 6.54 Å². The Labute approximate surface area is 128 Å². The van der Waals surface area contributed by atoms with E-state index in [1.807, 2.05) is 36.4 Å². The van der Waals surface area contributed by atoms with Crippen LogP contribution in [0.4, 0.5) is 0 Å². The van der Waals surface area contributed by atoms with Crippen LogP contribution in [0, 0.1) is 11.3 Å². The number of nitriles is 1. The molecule has 2 aromatic rings. The molecule has 0 saturated carbocycles. The number of hydrogen-bond donors (Lipinski definition) is 0. The van der Waals surface area contributed by atoms with Crippen LogP contribution in [0.1, 0.15) is 6.42 Å².